The Kier molecular flexibility index (Phi) is 7.18. The SMILES string of the molecule is C=C(C)C(=O)OC(C)C(N=C=O)C(C)OC(=O)C(=C)C. The molecule has 0 spiro atoms. The average molecular weight is 281 g/mol. The molecule has 0 aliphatic rings. The van der Waals surface area contributed by atoms with Crippen LogP contribution in [0.2, 0.25) is 0 Å². The van der Waals surface area contributed by atoms with Gasteiger partial charge in [0.1, 0.15) is 18.2 Å². The van der Waals surface area contributed by atoms with Crippen molar-refractivity contribution in [2.45, 2.75) is 45.9 Å². The van der Waals surface area contributed by atoms with E-state index in [2.05, 4.69) is 18.2 Å². The Hall–Kier alpha value is -2.20. The Labute approximate surface area is 118 Å². The van der Waals surface area contributed by atoms with Gasteiger partial charge in [-0.1, -0.05) is 13.2 Å². The molecule has 0 N–H and O–H groups in total. The van der Waals surface area contributed by atoms with E-state index in [9.17, 15) is 14.4 Å². The van der Waals surface area contributed by atoms with Gasteiger partial charge >= 0.3 is 11.9 Å². The van der Waals surface area contributed by atoms with Crippen molar-refractivity contribution in [3.05, 3.63) is 24.3 Å². The van der Waals surface area contributed by atoms with Gasteiger partial charge in [-0.05, 0) is 27.7 Å². The highest BCUT2D eigenvalue weighted by molar-refractivity contribution is 5.87. The molecule has 0 aliphatic heterocycles. The van der Waals surface area contributed by atoms with Crippen molar-refractivity contribution in [2.75, 3.05) is 0 Å². The quantitative estimate of drug-likeness (QED) is 0.307. The largest absolute Gasteiger partial charge is 0.457 e. The van der Waals surface area contributed by atoms with Crippen molar-refractivity contribution >= 4 is 18.0 Å². The summed E-state index contributed by atoms with van der Waals surface area (Å²) < 4.78 is 10.1. The van der Waals surface area contributed by atoms with Crippen molar-refractivity contribution in [1.82, 2.24) is 0 Å². The van der Waals surface area contributed by atoms with E-state index in [4.69, 9.17) is 9.47 Å². The van der Waals surface area contributed by atoms with Gasteiger partial charge in [0.2, 0.25) is 6.08 Å². The number of carbonyl (C=O) groups is 2. The van der Waals surface area contributed by atoms with Crippen molar-refractivity contribution in [2.24, 2.45) is 4.99 Å². The lowest BCUT2D eigenvalue weighted by atomic mass is 10.1. The second-order valence-corrected chi connectivity index (χ2v) is 4.49. The van der Waals surface area contributed by atoms with Gasteiger partial charge in [0.05, 0.1) is 0 Å². The van der Waals surface area contributed by atoms with Gasteiger partial charge in [0, 0.05) is 11.1 Å². The molecule has 0 radical (unpaired) electrons. The number of rotatable bonds is 7. The third-order valence-electron chi connectivity index (χ3n) is 2.45. The summed E-state index contributed by atoms with van der Waals surface area (Å²) in [5.74, 6) is -1.22. The molecule has 6 nitrogen and oxygen atoms in total. The molecule has 0 bridgehead atoms. The summed E-state index contributed by atoms with van der Waals surface area (Å²) in [6.45, 7) is 13.0. The Morgan fingerprint density at radius 1 is 1.00 bits per heavy atom. The molecule has 20 heavy (non-hydrogen) atoms. The first kappa shape index (κ1) is 17.8. The Morgan fingerprint density at radius 2 is 1.35 bits per heavy atom. The van der Waals surface area contributed by atoms with Gasteiger partial charge < -0.3 is 9.47 Å². The smallest absolute Gasteiger partial charge is 0.333 e. The number of ether oxygens (including phenoxy) is 2. The Balaban J connectivity index is 4.90. The van der Waals surface area contributed by atoms with E-state index >= 15 is 0 Å². The zero-order chi connectivity index (χ0) is 15.9. The van der Waals surface area contributed by atoms with Crippen LogP contribution in [0.25, 0.3) is 0 Å². The maximum absolute atomic E-state index is 11.4. The molecule has 0 aromatic rings. The number of hydrogen-bond donors (Lipinski definition) is 0. The molecular weight excluding hydrogens is 262 g/mol. The summed E-state index contributed by atoms with van der Waals surface area (Å²) in [5.41, 5.74) is 0.439. The average Bonchev–Trinajstić information content (AvgIpc) is 2.34. The number of carbonyl (C=O) groups excluding carboxylic acids is 3. The van der Waals surface area contributed by atoms with Crippen LogP contribution in [0.4, 0.5) is 0 Å². The van der Waals surface area contributed by atoms with Crippen LogP contribution >= 0.6 is 0 Å². The zero-order valence-electron chi connectivity index (χ0n) is 12.1. The topological polar surface area (TPSA) is 82.0 Å². The number of nitrogens with zero attached hydrogens (tertiary/aromatic N) is 1. The van der Waals surface area contributed by atoms with Crippen molar-refractivity contribution in [3.8, 4) is 0 Å². The molecule has 0 saturated carbocycles. The third kappa shape index (κ3) is 5.63. The lowest BCUT2D eigenvalue weighted by molar-refractivity contribution is -0.150. The van der Waals surface area contributed by atoms with Gasteiger partial charge in [-0.2, -0.15) is 4.99 Å². The lowest BCUT2D eigenvalue weighted by Gasteiger charge is -2.25. The normalized spacial score (nSPS) is 14.2. The van der Waals surface area contributed by atoms with Crippen LogP contribution in [0.3, 0.4) is 0 Å². The number of aliphatic imine (C=N–C) groups is 1. The highest BCUT2D eigenvalue weighted by Crippen LogP contribution is 2.14. The first-order chi connectivity index (χ1) is 9.20. The van der Waals surface area contributed by atoms with E-state index in [1.54, 1.807) is 0 Å². The maximum Gasteiger partial charge on any atom is 0.333 e. The van der Waals surface area contributed by atoms with Gasteiger partial charge in [-0.15, -0.1) is 0 Å². The number of esters is 2. The molecule has 0 aliphatic carbocycles. The standard InChI is InChI=1S/C14H19NO5/c1-8(2)13(17)19-10(5)12(15-7-16)11(6)20-14(18)9(3)4/h10-12H,1,3H2,2,4-6H3. The van der Waals surface area contributed by atoms with Crippen LogP contribution in [0.1, 0.15) is 27.7 Å². The van der Waals surface area contributed by atoms with Crippen molar-refractivity contribution < 1.29 is 23.9 Å². The van der Waals surface area contributed by atoms with Gasteiger partial charge in [-0.3, -0.25) is 0 Å². The van der Waals surface area contributed by atoms with Crippen LogP contribution in [0.15, 0.2) is 29.3 Å². The predicted molar refractivity (Wildman–Crippen MR) is 72.6 cm³/mol. The third-order valence-corrected chi connectivity index (χ3v) is 2.45. The summed E-state index contributed by atoms with van der Waals surface area (Å²) in [6.07, 6.45) is -0.158. The lowest BCUT2D eigenvalue weighted by Crippen LogP contribution is -2.38. The van der Waals surface area contributed by atoms with E-state index < -0.39 is 30.2 Å². The molecule has 0 aromatic heterocycles. The second kappa shape index (κ2) is 8.07. The van der Waals surface area contributed by atoms with E-state index in [0.717, 1.165) is 0 Å². The molecule has 0 heterocycles. The Morgan fingerprint density at radius 3 is 1.60 bits per heavy atom. The fourth-order valence-corrected chi connectivity index (χ4v) is 1.33. The molecule has 0 aromatic carbocycles. The fraction of sp³-hybridized carbons (Fsp3) is 0.500. The van der Waals surface area contributed by atoms with Crippen molar-refractivity contribution in [1.29, 1.82) is 0 Å². The van der Waals surface area contributed by atoms with Crippen molar-refractivity contribution in [3.63, 3.8) is 0 Å². The molecular formula is C14H19NO5. The van der Waals surface area contributed by atoms with E-state index in [-0.39, 0.29) is 11.1 Å². The van der Waals surface area contributed by atoms with Crippen LogP contribution < -0.4 is 0 Å². The zero-order valence-corrected chi connectivity index (χ0v) is 12.1. The summed E-state index contributed by atoms with van der Waals surface area (Å²) in [4.78, 5) is 36.8. The first-order valence-electron chi connectivity index (χ1n) is 6.00. The molecule has 0 saturated heterocycles. The summed E-state index contributed by atoms with van der Waals surface area (Å²) in [5, 5.41) is 0. The summed E-state index contributed by atoms with van der Waals surface area (Å²) in [7, 11) is 0. The number of isocyanates is 1. The van der Waals surface area contributed by atoms with Gasteiger partial charge in [0.15, 0.2) is 0 Å². The van der Waals surface area contributed by atoms with Crippen LogP contribution in [0, 0.1) is 0 Å². The van der Waals surface area contributed by atoms with E-state index in [1.807, 2.05) is 0 Å². The fourth-order valence-electron chi connectivity index (χ4n) is 1.33. The van der Waals surface area contributed by atoms with E-state index in [1.165, 1.54) is 33.8 Å². The maximum atomic E-state index is 11.4. The number of hydrogen-bond acceptors (Lipinski definition) is 6. The molecule has 2 atom stereocenters. The second-order valence-electron chi connectivity index (χ2n) is 4.49. The molecule has 0 rings (SSSR count). The summed E-state index contributed by atoms with van der Waals surface area (Å²) >= 11 is 0. The van der Waals surface area contributed by atoms with Crippen LogP contribution in [0.5, 0.6) is 0 Å². The minimum Gasteiger partial charge on any atom is -0.457 e. The summed E-state index contributed by atoms with van der Waals surface area (Å²) in [6, 6.07) is -0.848. The van der Waals surface area contributed by atoms with Crippen LogP contribution in [-0.4, -0.2) is 36.3 Å². The molecule has 6 heteroatoms. The first-order valence-corrected chi connectivity index (χ1v) is 6.00. The highest BCUT2D eigenvalue weighted by atomic mass is 16.6. The minimum absolute atomic E-state index is 0.220. The highest BCUT2D eigenvalue weighted by Gasteiger charge is 2.29. The molecule has 0 amide bonds. The monoisotopic (exact) mass is 281 g/mol. The van der Waals surface area contributed by atoms with E-state index in [0.29, 0.717) is 0 Å². The minimum atomic E-state index is -0.848. The van der Waals surface area contributed by atoms with Gasteiger partial charge in [-0.25, -0.2) is 14.4 Å². The molecule has 0 fully saturated rings. The van der Waals surface area contributed by atoms with Gasteiger partial charge in [0.25, 0.3) is 0 Å². The predicted octanol–water partition coefficient (Wildman–Crippen LogP) is 1.71. The molecule has 110 valence electrons. The Bertz CT molecular complexity index is 428. The van der Waals surface area contributed by atoms with Crippen LogP contribution in [-0.2, 0) is 23.9 Å². The molecule has 2 unspecified atom stereocenters.